The van der Waals surface area contributed by atoms with Crippen LogP contribution in [0.5, 0.6) is 0 Å². The summed E-state index contributed by atoms with van der Waals surface area (Å²) >= 11 is 0. The number of carbonyl (C=O) groups excluding carboxylic acids is 3. The van der Waals surface area contributed by atoms with Gasteiger partial charge < -0.3 is 24.6 Å². The molecule has 0 unspecified atom stereocenters. The number of hydrogen-bond acceptors (Lipinski definition) is 6. The third-order valence-corrected chi connectivity index (χ3v) is 6.31. The molecule has 0 saturated carbocycles. The molecule has 34 heavy (non-hydrogen) atoms. The first-order valence-electron chi connectivity index (χ1n) is 11.3. The number of H-pyrrole nitrogens is 1. The van der Waals surface area contributed by atoms with E-state index in [1.807, 2.05) is 43.3 Å². The maximum Gasteiger partial charge on any atom is 0.354 e. The highest BCUT2D eigenvalue weighted by Crippen LogP contribution is 2.41. The molecule has 0 spiro atoms. The summed E-state index contributed by atoms with van der Waals surface area (Å²) in [5, 5.41) is 11.4. The number of esters is 1. The molecule has 1 amide bonds. The van der Waals surface area contributed by atoms with Crippen LogP contribution in [0.3, 0.4) is 0 Å². The summed E-state index contributed by atoms with van der Waals surface area (Å²) in [6, 6.07) is 7.02. The topological polar surface area (TPSA) is 103 Å². The summed E-state index contributed by atoms with van der Waals surface area (Å²) in [5.41, 5.74) is 3.37. The molecule has 1 aliphatic rings. The molecule has 0 radical (unpaired) electrons. The summed E-state index contributed by atoms with van der Waals surface area (Å²) in [4.78, 5) is 44.8. The van der Waals surface area contributed by atoms with Crippen molar-refractivity contribution in [2.45, 2.75) is 39.7 Å². The van der Waals surface area contributed by atoms with Gasteiger partial charge in [-0.3, -0.25) is 9.59 Å². The first kappa shape index (κ1) is 25.2. The van der Waals surface area contributed by atoms with E-state index in [0.717, 1.165) is 11.1 Å². The largest absolute Gasteiger partial charge is 0.507 e. The van der Waals surface area contributed by atoms with E-state index in [0.29, 0.717) is 35.8 Å². The van der Waals surface area contributed by atoms with Crippen molar-refractivity contribution in [3.05, 3.63) is 63.5 Å². The molecular formula is C26H33N3O5. The van der Waals surface area contributed by atoms with Crippen LogP contribution in [0.15, 0.2) is 29.8 Å². The molecule has 1 aromatic carbocycles. The van der Waals surface area contributed by atoms with Gasteiger partial charge in [-0.05, 0) is 50.6 Å². The number of amides is 1. The molecular weight excluding hydrogens is 434 g/mol. The molecule has 0 aliphatic carbocycles. The molecule has 3 rings (SSSR count). The molecule has 2 N–H and O–H groups in total. The average molecular weight is 468 g/mol. The van der Waals surface area contributed by atoms with E-state index < -0.39 is 23.7 Å². The van der Waals surface area contributed by atoms with Gasteiger partial charge in [-0.25, -0.2) is 4.79 Å². The Morgan fingerprint density at radius 3 is 2.32 bits per heavy atom. The Bertz CT molecular complexity index is 1140. The minimum absolute atomic E-state index is 0.0164. The second kappa shape index (κ2) is 9.85. The molecule has 1 fully saturated rings. The molecule has 0 bridgehead atoms. The van der Waals surface area contributed by atoms with Gasteiger partial charge in [0.2, 0.25) is 0 Å². The standard InChI is InChI=1S/C26H33N3O5/c1-14(2)17-8-10-18(11-9-17)22-20(24(31)25(32)29(22)13-12-28(5)6)23(30)19-15(3)21(26(33)34-7)27-16(19)4/h8-11,14,22,27,30H,12-13H2,1-7H3/b23-20+/t22-/m1/s1. The van der Waals surface area contributed by atoms with Gasteiger partial charge in [0.15, 0.2) is 0 Å². The highest BCUT2D eigenvalue weighted by molar-refractivity contribution is 6.46. The van der Waals surface area contributed by atoms with E-state index in [1.54, 1.807) is 13.8 Å². The van der Waals surface area contributed by atoms with Crippen LogP contribution in [0.4, 0.5) is 0 Å². The van der Waals surface area contributed by atoms with Crippen molar-refractivity contribution in [1.29, 1.82) is 0 Å². The van der Waals surface area contributed by atoms with E-state index >= 15 is 0 Å². The number of likely N-dealkylation sites (tertiary alicyclic amines) is 1. The van der Waals surface area contributed by atoms with E-state index in [4.69, 9.17) is 4.74 Å². The molecule has 1 aliphatic heterocycles. The van der Waals surface area contributed by atoms with Crippen molar-refractivity contribution >= 4 is 23.4 Å². The van der Waals surface area contributed by atoms with Gasteiger partial charge in [-0.15, -0.1) is 0 Å². The van der Waals surface area contributed by atoms with Gasteiger partial charge in [0, 0.05) is 24.3 Å². The summed E-state index contributed by atoms with van der Waals surface area (Å²) in [7, 11) is 5.06. The zero-order chi connectivity index (χ0) is 25.3. The third-order valence-electron chi connectivity index (χ3n) is 6.31. The van der Waals surface area contributed by atoms with Crippen LogP contribution < -0.4 is 0 Å². The van der Waals surface area contributed by atoms with Crippen LogP contribution in [-0.4, -0.2) is 71.8 Å². The lowest BCUT2D eigenvalue weighted by Gasteiger charge is -2.27. The Labute approximate surface area is 200 Å². The SMILES string of the molecule is COC(=O)c1[nH]c(C)c(/C(O)=C2\C(=O)C(=O)N(CCN(C)C)[C@@H]2c2ccc(C(C)C)cc2)c1C. The maximum absolute atomic E-state index is 13.2. The summed E-state index contributed by atoms with van der Waals surface area (Å²) in [6.07, 6.45) is 0. The van der Waals surface area contributed by atoms with Crippen molar-refractivity contribution in [2.75, 3.05) is 34.3 Å². The number of aromatic amines is 1. The highest BCUT2D eigenvalue weighted by Gasteiger charge is 2.46. The number of rotatable bonds is 7. The second-order valence-electron chi connectivity index (χ2n) is 9.23. The Morgan fingerprint density at radius 2 is 1.79 bits per heavy atom. The number of aryl methyl sites for hydroxylation is 1. The molecule has 8 heteroatoms. The second-order valence-corrected chi connectivity index (χ2v) is 9.23. The summed E-state index contributed by atoms with van der Waals surface area (Å²) < 4.78 is 4.82. The van der Waals surface area contributed by atoms with Crippen molar-refractivity contribution in [3.8, 4) is 0 Å². The number of nitrogens with zero attached hydrogens (tertiary/aromatic N) is 2. The zero-order valence-electron chi connectivity index (χ0n) is 20.9. The molecule has 1 atom stereocenters. The van der Waals surface area contributed by atoms with Crippen LogP contribution in [-0.2, 0) is 14.3 Å². The Morgan fingerprint density at radius 1 is 1.18 bits per heavy atom. The first-order valence-corrected chi connectivity index (χ1v) is 11.3. The van der Waals surface area contributed by atoms with E-state index in [-0.39, 0.29) is 17.0 Å². The number of aromatic nitrogens is 1. The summed E-state index contributed by atoms with van der Waals surface area (Å²) in [5.74, 6) is -1.94. The monoisotopic (exact) mass is 467 g/mol. The Balaban J connectivity index is 2.21. The minimum atomic E-state index is -0.742. The number of ether oxygens (including phenoxy) is 1. The van der Waals surface area contributed by atoms with Crippen LogP contribution in [0.2, 0.25) is 0 Å². The predicted octanol–water partition coefficient (Wildman–Crippen LogP) is 3.52. The van der Waals surface area contributed by atoms with E-state index in [9.17, 15) is 19.5 Å². The fraction of sp³-hybridized carbons (Fsp3) is 0.423. The Kier molecular flexibility index (Phi) is 7.31. The average Bonchev–Trinajstić information content (AvgIpc) is 3.23. The number of benzene rings is 1. The smallest absolute Gasteiger partial charge is 0.354 e. The molecule has 2 aromatic rings. The number of methoxy groups -OCH3 is 1. The fourth-order valence-corrected chi connectivity index (χ4v) is 4.37. The van der Waals surface area contributed by atoms with Crippen molar-refractivity contribution < 1.29 is 24.2 Å². The van der Waals surface area contributed by atoms with Gasteiger partial charge in [-0.2, -0.15) is 0 Å². The number of ketones is 1. The number of aliphatic hydroxyl groups excluding tert-OH is 1. The fourth-order valence-electron chi connectivity index (χ4n) is 4.37. The number of likely N-dealkylation sites (N-methyl/N-ethyl adjacent to an activating group) is 1. The molecule has 182 valence electrons. The number of carbonyl (C=O) groups is 3. The highest BCUT2D eigenvalue weighted by atomic mass is 16.5. The quantitative estimate of drug-likeness (QED) is 0.280. The van der Waals surface area contributed by atoms with Crippen molar-refractivity contribution in [1.82, 2.24) is 14.8 Å². The number of Topliss-reactive ketones (excluding diaryl/α,β-unsaturated/α-hetero) is 1. The lowest BCUT2D eigenvalue weighted by atomic mass is 9.92. The van der Waals surface area contributed by atoms with Gasteiger partial charge >= 0.3 is 5.97 Å². The summed E-state index contributed by atoms with van der Waals surface area (Å²) in [6.45, 7) is 8.43. The van der Waals surface area contributed by atoms with Gasteiger partial charge in [-0.1, -0.05) is 38.1 Å². The van der Waals surface area contributed by atoms with Crippen LogP contribution in [0.1, 0.15) is 64.2 Å². The van der Waals surface area contributed by atoms with E-state index in [2.05, 4.69) is 18.8 Å². The first-order chi connectivity index (χ1) is 16.0. The number of aliphatic hydroxyl groups is 1. The Hall–Kier alpha value is -3.39. The van der Waals surface area contributed by atoms with Crippen molar-refractivity contribution in [3.63, 3.8) is 0 Å². The van der Waals surface area contributed by atoms with Crippen LogP contribution in [0, 0.1) is 13.8 Å². The lowest BCUT2D eigenvalue weighted by molar-refractivity contribution is -0.140. The number of hydrogen-bond donors (Lipinski definition) is 2. The van der Waals surface area contributed by atoms with Crippen molar-refractivity contribution in [2.24, 2.45) is 0 Å². The van der Waals surface area contributed by atoms with Gasteiger partial charge in [0.1, 0.15) is 11.5 Å². The zero-order valence-corrected chi connectivity index (χ0v) is 20.9. The van der Waals surface area contributed by atoms with Gasteiger partial charge in [0.25, 0.3) is 11.7 Å². The van der Waals surface area contributed by atoms with Crippen LogP contribution >= 0.6 is 0 Å². The number of nitrogens with one attached hydrogen (secondary N) is 1. The minimum Gasteiger partial charge on any atom is -0.507 e. The lowest BCUT2D eigenvalue weighted by Crippen LogP contribution is -2.35. The third kappa shape index (κ3) is 4.50. The van der Waals surface area contributed by atoms with Gasteiger partial charge in [0.05, 0.1) is 18.7 Å². The molecule has 1 aromatic heterocycles. The molecule has 8 nitrogen and oxygen atoms in total. The molecule has 2 heterocycles. The molecule has 1 saturated heterocycles. The van der Waals surface area contributed by atoms with Crippen LogP contribution in [0.25, 0.3) is 5.76 Å². The maximum atomic E-state index is 13.2. The van der Waals surface area contributed by atoms with E-state index in [1.165, 1.54) is 12.0 Å². The normalized spacial score (nSPS) is 17.8. The predicted molar refractivity (Wildman–Crippen MR) is 130 cm³/mol.